The van der Waals surface area contributed by atoms with Gasteiger partial charge in [-0.15, -0.1) is 0 Å². The van der Waals surface area contributed by atoms with Crippen LogP contribution in [0.5, 0.6) is 11.5 Å². The summed E-state index contributed by atoms with van der Waals surface area (Å²) in [5, 5.41) is 13.1. The highest BCUT2D eigenvalue weighted by Crippen LogP contribution is 2.34. The Morgan fingerprint density at radius 3 is 2.55 bits per heavy atom. The van der Waals surface area contributed by atoms with Gasteiger partial charge in [0.25, 0.3) is 11.1 Å². The molecule has 2 aromatic carbocycles. The summed E-state index contributed by atoms with van der Waals surface area (Å²) in [5.74, 6) is -0.722. The van der Waals surface area contributed by atoms with Gasteiger partial charge in [-0.2, -0.15) is 0 Å². The standard InChI is InChI=1S/C20H17N3O7S/c1-29-19(25)14(21)8-11-2-5-13(6-3-11)30-16-7-4-12(9-15(16)23(27)28)10-17-18(24)22-20(26)31-17/h2-7,9-10,14H,8,21H2,1H3,(H,22,24,26)/b17-10-/t14-/m0/s1. The van der Waals surface area contributed by atoms with Gasteiger partial charge in [-0.05, 0) is 53.6 Å². The topological polar surface area (TPSA) is 151 Å². The van der Waals surface area contributed by atoms with Crippen LogP contribution in [0.25, 0.3) is 6.08 Å². The monoisotopic (exact) mass is 443 g/mol. The van der Waals surface area contributed by atoms with Crippen LogP contribution in [0.2, 0.25) is 0 Å². The number of nitrogens with one attached hydrogen (secondary N) is 1. The fourth-order valence-corrected chi connectivity index (χ4v) is 3.42. The molecule has 1 fully saturated rings. The normalized spacial score (nSPS) is 15.5. The molecular weight excluding hydrogens is 426 g/mol. The van der Waals surface area contributed by atoms with Gasteiger partial charge in [0.05, 0.1) is 16.9 Å². The Labute approximate surface area is 180 Å². The molecule has 11 heteroatoms. The number of benzene rings is 2. The molecule has 0 aliphatic carbocycles. The van der Waals surface area contributed by atoms with Crippen molar-refractivity contribution in [3.63, 3.8) is 0 Å². The van der Waals surface area contributed by atoms with Gasteiger partial charge in [-0.1, -0.05) is 18.2 Å². The van der Waals surface area contributed by atoms with E-state index in [1.165, 1.54) is 31.4 Å². The molecule has 3 N–H and O–H groups in total. The van der Waals surface area contributed by atoms with Gasteiger partial charge in [-0.3, -0.25) is 29.8 Å². The molecule has 1 aliphatic rings. The van der Waals surface area contributed by atoms with E-state index in [-0.39, 0.29) is 22.8 Å². The van der Waals surface area contributed by atoms with Gasteiger partial charge < -0.3 is 15.2 Å². The zero-order chi connectivity index (χ0) is 22.5. The maximum atomic E-state index is 11.7. The molecule has 10 nitrogen and oxygen atoms in total. The number of nitro benzene ring substituents is 1. The number of imide groups is 1. The van der Waals surface area contributed by atoms with Crippen molar-refractivity contribution >= 4 is 40.6 Å². The second kappa shape index (κ2) is 9.41. The molecule has 1 aliphatic heterocycles. The molecule has 0 aromatic heterocycles. The second-order valence-electron chi connectivity index (χ2n) is 6.42. The molecule has 2 amide bonds. The highest BCUT2D eigenvalue weighted by molar-refractivity contribution is 8.18. The van der Waals surface area contributed by atoms with Crippen molar-refractivity contribution < 1.29 is 28.8 Å². The van der Waals surface area contributed by atoms with Crippen molar-refractivity contribution in [3.05, 3.63) is 68.6 Å². The van der Waals surface area contributed by atoms with Crippen LogP contribution in [-0.2, 0) is 20.7 Å². The lowest BCUT2D eigenvalue weighted by molar-refractivity contribution is -0.385. The number of nitro groups is 1. The molecule has 0 radical (unpaired) electrons. The van der Waals surface area contributed by atoms with Gasteiger partial charge in [0.1, 0.15) is 11.8 Å². The summed E-state index contributed by atoms with van der Waals surface area (Å²) in [6, 6.07) is 9.98. The lowest BCUT2D eigenvalue weighted by Gasteiger charge is -2.10. The van der Waals surface area contributed by atoms with Crippen molar-refractivity contribution in [2.45, 2.75) is 12.5 Å². The third kappa shape index (κ3) is 5.47. The Kier molecular flexibility index (Phi) is 6.68. The average molecular weight is 443 g/mol. The summed E-state index contributed by atoms with van der Waals surface area (Å²) in [6.07, 6.45) is 1.66. The number of nitrogens with zero attached hydrogens (tertiary/aromatic N) is 1. The summed E-state index contributed by atoms with van der Waals surface area (Å²) in [7, 11) is 1.26. The van der Waals surface area contributed by atoms with E-state index in [9.17, 15) is 24.5 Å². The van der Waals surface area contributed by atoms with Crippen LogP contribution in [-0.4, -0.2) is 35.2 Å². The van der Waals surface area contributed by atoms with Crippen LogP contribution >= 0.6 is 11.8 Å². The van der Waals surface area contributed by atoms with Crippen molar-refractivity contribution in [1.82, 2.24) is 5.32 Å². The number of carbonyl (C=O) groups excluding carboxylic acids is 3. The molecule has 0 unspecified atom stereocenters. The van der Waals surface area contributed by atoms with E-state index in [0.29, 0.717) is 11.3 Å². The van der Waals surface area contributed by atoms with Crippen molar-refractivity contribution in [2.75, 3.05) is 7.11 Å². The van der Waals surface area contributed by atoms with E-state index in [4.69, 9.17) is 10.5 Å². The van der Waals surface area contributed by atoms with Crippen molar-refractivity contribution in [1.29, 1.82) is 0 Å². The first-order valence-electron chi connectivity index (χ1n) is 8.90. The second-order valence-corrected chi connectivity index (χ2v) is 7.43. The summed E-state index contributed by atoms with van der Waals surface area (Å²) in [4.78, 5) is 45.4. The molecule has 3 rings (SSSR count). The quantitative estimate of drug-likeness (QED) is 0.285. The Hall–Kier alpha value is -3.70. The minimum Gasteiger partial charge on any atom is -0.468 e. The number of nitrogens with two attached hydrogens (primary N) is 1. The fourth-order valence-electron chi connectivity index (χ4n) is 2.73. The molecule has 0 saturated carbocycles. The summed E-state index contributed by atoms with van der Waals surface area (Å²) >= 11 is 0.721. The van der Waals surface area contributed by atoms with Gasteiger partial charge in [-0.25, -0.2) is 0 Å². The average Bonchev–Trinajstić information content (AvgIpc) is 3.06. The first-order chi connectivity index (χ1) is 14.8. The van der Waals surface area contributed by atoms with Crippen LogP contribution in [0.3, 0.4) is 0 Å². The smallest absolute Gasteiger partial charge is 0.322 e. The number of hydrogen-bond acceptors (Lipinski definition) is 9. The van der Waals surface area contributed by atoms with Crippen LogP contribution in [0.15, 0.2) is 47.4 Å². The number of esters is 1. The number of ether oxygens (including phenoxy) is 2. The number of thioether (sulfide) groups is 1. The molecule has 0 bridgehead atoms. The summed E-state index contributed by atoms with van der Waals surface area (Å²) in [6.45, 7) is 0. The summed E-state index contributed by atoms with van der Waals surface area (Å²) in [5.41, 5.74) is 6.57. The van der Waals surface area contributed by atoms with Gasteiger partial charge in [0, 0.05) is 6.07 Å². The fraction of sp³-hybridized carbons (Fsp3) is 0.150. The third-order valence-corrected chi connectivity index (χ3v) is 5.04. The highest BCUT2D eigenvalue weighted by atomic mass is 32.2. The highest BCUT2D eigenvalue weighted by Gasteiger charge is 2.25. The number of carbonyl (C=O) groups is 3. The zero-order valence-corrected chi connectivity index (χ0v) is 17.0. The molecule has 160 valence electrons. The van der Waals surface area contributed by atoms with Crippen LogP contribution in [0.1, 0.15) is 11.1 Å². The van der Waals surface area contributed by atoms with Crippen LogP contribution < -0.4 is 15.8 Å². The minimum atomic E-state index is -0.796. The Balaban J connectivity index is 1.77. The van der Waals surface area contributed by atoms with Crippen LogP contribution in [0.4, 0.5) is 10.5 Å². The Morgan fingerprint density at radius 2 is 1.97 bits per heavy atom. The van der Waals surface area contributed by atoms with Gasteiger partial charge in [0.2, 0.25) is 5.75 Å². The van der Waals surface area contributed by atoms with Crippen molar-refractivity contribution in [2.24, 2.45) is 5.73 Å². The number of methoxy groups -OCH3 is 1. The predicted octanol–water partition coefficient (Wildman–Crippen LogP) is 2.75. The van der Waals surface area contributed by atoms with Gasteiger partial charge in [0.15, 0.2) is 0 Å². The molecule has 1 atom stereocenters. The minimum absolute atomic E-state index is 0.00534. The molecule has 1 saturated heterocycles. The van der Waals surface area contributed by atoms with E-state index < -0.39 is 28.1 Å². The maximum Gasteiger partial charge on any atom is 0.322 e. The lowest BCUT2D eigenvalue weighted by Crippen LogP contribution is -2.33. The largest absolute Gasteiger partial charge is 0.468 e. The van der Waals surface area contributed by atoms with Crippen LogP contribution in [0, 0.1) is 10.1 Å². The van der Waals surface area contributed by atoms with E-state index in [0.717, 1.165) is 17.3 Å². The first-order valence-corrected chi connectivity index (χ1v) is 9.72. The maximum absolute atomic E-state index is 11.7. The lowest BCUT2D eigenvalue weighted by atomic mass is 10.1. The van der Waals surface area contributed by atoms with E-state index in [1.54, 1.807) is 24.3 Å². The molecule has 0 spiro atoms. The number of amides is 2. The predicted molar refractivity (Wildman–Crippen MR) is 112 cm³/mol. The Morgan fingerprint density at radius 1 is 1.26 bits per heavy atom. The number of rotatable bonds is 7. The third-order valence-electron chi connectivity index (χ3n) is 4.23. The molecule has 31 heavy (non-hydrogen) atoms. The van der Waals surface area contributed by atoms with Crippen molar-refractivity contribution in [3.8, 4) is 11.5 Å². The zero-order valence-electron chi connectivity index (χ0n) is 16.2. The SMILES string of the molecule is COC(=O)[C@@H](N)Cc1ccc(Oc2ccc(/C=C3\SC(=O)NC3=O)cc2[N+](=O)[O-])cc1. The van der Waals surface area contributed by atoms with E-state index in [1.807, 2.05) is 0 Å². The number of hydrogen-bond donors (Lipinski definition) is 2. The molecule has 1 heterocycles. The first kappa shape index (κ1) is 22.0. The van der Waals surface area contributed by atoms with E-state index >= 15 is 0 Å². The van der Waals surface area contributed by atoms with Gasteiger partial charge >= 0.3 is 11.7 Å². The molecule has 2 aromatic rings. The van der Waals surface area contributed by atoms with E-state index in [2.05, 4.69) is 10.1 Å². The Bertz CT molecular complexity index is 1080. The summed E-state index contributed by atoms with van der Waals surface area (Å²) < 4.78 is 10.2. The molecular formula is C20H17N3O7S.